The van der Waals surface area contributed by atoms with E-state index in [0.717, 1.165) is 16.8 Å². The van der Waals surface area contributed by atoms with Crippen LogP contribution >= 0.6 is 11.6 Å². The fourth-order valence-corrected chi connectivity index (χ4v) is 1.73. The quantitative estimate of drug-likeness (QED) is 0.777. The molecule has 0 aliphatic carbocycles. The van der Waals surface area contributed by atoms with Crippen molar-refractivity contribution in [3.05, 3.63) is 47.9 Å². The van der Waals surface area contributed by atoms with E-state index >= 15 is 0 Å². The molecule has 88 valence electrons. The summed E-state index contributed by atoms with van der Waals surface area (Å²) in [4.78, 5) is 4.24. The van der Waals surface area contributed by atoms with Gasteiger partial charge in [0.25, 0.3) is 0 Å². The highest BCUT2D eigenvalue weighted by molar-refractivity contribution is 6.16. The molecule has 1 heterocycles. The Bertz CT molecular complexity index is 531. The first-order chi connectivity index (χ1) is 8.24. The molecule has 0 bridgehead atoms. The van der Waals surface area contributed by atoms with E-state index in [2.05, 4.69) is 4.98 Å². The lowest BCUT2D eigenvalue weighted by Gasteiger charge is -2.08. The van der Waals surface area contributed by atoms with Crippen molar-refractivity contribution in [1.82, 2.24) is 4.98 Å². The Morgan fingerprint density at radius 1 is 1.29 bits per heavy atom. The molecule has 17 heavy (non-hydrogen) atoms. The van der Waals surface area contributed by atoms with Crippen molar-refractivity contribution in [3.8, 4) is 17.0 Å². The minimum Gasteiger partial charge on any atom is -0.481 e. The van der Waals surface area contributed by atoms with Crippen LogP contribution in [-0.2, 0) is 5.88 Å². The Labute approximate surface area is 104 Å². The molecule has 0 saturated heterocycles. The molecule has 2 nitrogen and oxygen atoms in total. The molecule has 0 aliphatic rings. The molecule has 0 saturated carbocycles. The number of hydrogen-bond donors (Lipinski definition) is 0. The van der Waals surface area contributed by atoms with E-state index in [9.17, 15) is 4.39 Å². The number of halogens is 2. The van der Waals surface area contributed by atoms with Gasteiger partial charge < -0.3 is 4.74 Å². The van der Waals surface area contributed by atoms with E-state index < -0.39 is 0 Å². The summed E-state index contributed by atoms with van der Waals surface area (Å²) < 4.78 is 18.3. The van der Waals surface area contributed by atoms with Gasteiger partial charge in [-0.1, -0.05) is 12.1 Å². The molecular weight excluding hydrogens is 241 g/mol. The largest absolute Gasteiger partial charge is 0.481 e. The van der Waals surface area contributed by atoms with E-state index in [4.69, 9.17) is 16.3 Å². The summed E-state index contributed by atoms with van der Waals surface area (Å²) >= 11 is 5.70. The van der Waals surface area contributed by atoms with E-state index in [-0.39, 0.29) is 5.82 Å². The van der Waals surface area contributed by atoms with Gasteiger partial charge in [0.15, 0.2) is 0 Å². The number of rotatable bonds is 3. The van der Waals surface area contributed by atoms with Crippen molar-refractivity contribution in [2.45, 2.75) is 5.88 Å². The van der Waals surface area contributed by atoms with Crippen LogP contribution in [-0.4, -0.2) is 12.1 Å². The minimum atomic E-state index is -0.286. The Morgan fingerprint density at radius 2 is 2.12 bits per heavy atom. The maximum absolute atomic E-state index is 13.2. The van der Waals surface area contributed by atoms with Gasteiger partial charge in [0.1, 0.15) is 5.82 Å². The Morgan fingerprint density at radius 3 is 2.76 bits per heavy atom. The van der Waals surface area contributed by atoms with Gasteiger partial charge in [-0.2, -0.15) is 0 Å². The van der Waals surface area contributed by atoms with Crippen molar-refractivity contribution >= 4 is 11.6 Å². The van der Waals surface area contributed by atoms with Crippen LogP contribution < -0.4 is 4.74 Å². The second-order valence-corrected chi connectivity index (χ2v) is 3.77. The number of pyridine rings is 1. The van der Waals surface area contributed by atoms with E-state index in [1.54, 1.807) is 12.1 Å². The van der Waals surface area contributed by atoms with Crippen LogP contribution in [0.15, 0.2) is 36.4 Å². The highest BCUT2D eigenvalue weighted by atomic mass is 35.5. The molecular formula is C13H11ClFNO. The average Bonchev–Trinajstić information content (AvgIpc) is 2.38. The van der Waals surface area contributed by atoms with Crippen LogP contribution in [0.2, 0.25) is 0 Å². The zero-order valence-electron chi connectivity index (χ0n) is 9.28. The van der Waals surface area contributed by atoms with Crippen LogP contribution in [0, 0.1) is 5.82 Å². The monoisotopic (exact) mass is 251 g/mol. The number of methoxy groups -OCH3 is 1. The third kappa shape index (κ3) is 2.56. The number of hydrogen-bond acceptors (Lipinski definition) is 2. The molecule has 0 aliphatic heterocycles. The van der Waals surface area contributed by atoms with Gasteiger partial charge >= 0.3 is 0 Å². The van der Waals surface area contributed by atoms with Gasteiger partial charge in [0, 0.05) is 5.56 Å². The predicted molar refractivity (Wildman–Crippen MR) is 65.7 cm³/mol. The Balaban J connectivity index is 2.51. The predicted octanol–water partition coefficient (Wildman–Crippen LogP) is 3.64. The maximum atomic E-state index is 13.2. The fourth-order valence-electron chi connectivity index (χ4n) is 1.58. The van der Waals surface area contributed by atoms with Crippen molar-refractivity contribution in [1.29, 1.82) is 0 Å². The molecule has 1 aromatic heterocycles. The van der Waals surface area contributed by atoms with Gasteiger partial charge in [-0.15, -0.1) is 11.6 Å². The van der Waals surface area contributed by atoms with Gasteiger partial charge in [0.2, 0.25) is 5.88 Å². The number of benzene rings is 1. The molecule has 0 unspecified atom stereocenters. The van der Waals surface area contributed by atoms with Crippen molar-refractivity contribution in [3.63, 3.8) is 0 Å². The normalized spacial score (nSPS) is 10.3. The van der Waals surface area contributed by atoms with Crippen LogP contribution in [0.5, 0.6) is 5.88 Å². The smallest absolute Gasteiger partial charge is 0.221 e. The van der Waals surface area contributed by atoms with Crippen molar-refractivity contribution < 1.29 is 9.13 Å². The van der Waals surface area contributed by atoms with E-state index in [0.29, 0.717) is 11.8 Å². The molecule has 2 aromatic rings. The standard InChI is InChI=1S/C13H11ClFNO/c1-17-13-12(6-5-11(8-14)16-13)9-3-2-4-10(15)7-9/h2-7H,8H2,1H3. The molecule has 0 N–H and O–H groups in total. The molecule has 0 atom stereocenters. The summed E-state index contributed by atoms with van der Waals surface area (Å²) in [6.45, 7) is 0. The van der Waals surface area contributed by atoms with Crippen LogP contribution in [0.1, 0.15) is 5.69 Å². The summed E-state index contributed by atoms with van der Waals surface area (Å²) in [6, 6.07) is 9.94. The molecule has 2 rings (SSSR count). The van der Waals surface area contributed by atoms with E-state index in [1.807, 2.05) is 12.1 Å². The lowest BCUT2D eigenvalue weighted by atomic mass is 10.1. The summed E-state index contributed by atoms with van der Waals surface area (Å²) in [5.41, 5.74) is 2.21. The van der Waals surface area contributed by atoms with E-state index in [1.165, 1.54) is 19.2 Å². The summed E-state index contributed by atoms with van der Waals surface area (Å²) in [5.74, 6) is 0.486. The van der Waals surface area contributed by atoms with Gasteiger partial charge in [-0.25, -0.2) is 9.37 Å². The molecule has 1 aromatic carbocycles. The number of alkyl halides is 1. The zero-order chi connectivity index (χ0) is 12.3. The first-order valence-electron chi connectivity index (χ1n) is 5.10. The minimum absolute atomic E-state index is 0.286. The van der Waals surface area contributed by atoms with Gasteiger partial charge in [-0.3, -0.25) is 0 Å². The molecule has 0 amide bonds. The lowest BCUT2D eigenvalue weighted by molar-refractivity contribution is 0.398. The number of aromatic nitrogens is 1. The van der Waals surface area contributed by atoms with Crippen molar-refractivity contribution in [2.24, 2.45) is 0 Å². The zero-order valence-corrected chi connectivity index (χ0v) is 10.0. The molecule has 0 spiro atoms. The third-order valence-corrected chi connectivity index (χ3v) is 2.66. The number of nitrogens with zero attached hydrogens (tertiary/aromatic N) is 1. The second-order valence-electron chi connectivity index (χ2n) is 3.50. The second kappa shape index (κ2) is 5.15. The maximum Gasteiger partial charge on any atom is 0.221 e. The molecule has 0 radical (unpaired) electrons. The Hall–Kier alpha value is -1.61. The fraction of sp³-hybridized carbons (Fsp3) is 0.154. The van der Waals surface area contributed by atoms with Crippen LogP contribution in [0.25, 0.3) is 11.1 Å². The highest BCUT2D eigenvalue weighted by Gasteiger charge is 2.08. The topological polar surface area (TPSA) is 22.1 Å². The lowest BCUT2D eigenvalue weighted by Crippen LogP contribution is -1.95. The van der Waals surface area contributed by atoms with Crippen LogP contribution in [0.4, 0.5) is 4.39 Å². The van der Waals surface area contributed by atoms with Crippen LogP contribution in [0.3, 0.4) is 0 Å². The third-order valence-electron chi connectivity index (χ3n) is 2.38. The molecule has 4 heteroatoms. The van der Waals surface area contributed by atoms with Gasteiger partial charge in [-0.05, 0) is 29.8 Å². The summed E-state index contributed by atoms with van der Waals surface area (Å²) in [5, 5.41) is 0. The Kier molecular flexibility index (Phi) is 3.59. The summed E-state index contributed by atoms with van der Waals surface area (Å²) in [7, 11) is 1.53. The SMILES string of the molecule is COc1nc(CCl)ccc1-c1cccc(F)c1. The highest BCUT2D eigenvalue weighted by Crippen LogP contribution is 2.29. The van der Waals surface area contributed by atoms with Gasteiger partial charge in [0.05, 0.1) is 18.7 Å². The molecule has 0 fully saturated rings. The van der Waals surface area contributed by atoms with Crippen molar-refractivity contribution in [2.75, 3.05) is 7.11 Å². The number of ether oxygens (including phenoxy) is 1. The summed E-state index contributed by atoms with van der Waals surface area (Å²) in [6.07, 6.45) is 0. The first kappa shape index (κ1) is 11.9. The average molecular weight is 252 g/mol. The first-order valence-corrected chi connectivity index (χ1v) is 5.64.